The average molecular weight is 238 g/mol. The third kappa shape index (κ3) is 3.44. The van der Waals surface area contributed by atoms with Crippen LogP contribution in [0.25, 0.3) is 0 Å². The summed E-state index contributed by atoms with van der Waals surface area (Å²) in [5, 5.41) is 3.36. The summed E-state index contributed by atoms with van der Waals surface area (Å²) in [5.41, 5.74) is 0. The molecule has 2 aliphatic rings. The van der Waals surface area contributed by atoms with Crippen molar-refractivity contribution in [3.63, 3.8) is 0 Å². The van der Waals surface area contributed by atoms with Crippen molar-refractivity contribution >= 4 is 5.91 Å². The average Bonchev–Trinajstić information content (AvgIpc) is 3.05. The summed E-state index contributed by atoms with van der Waals surface area (Å²) in [5.74, 6) is 1.92. The highest BCUT2D eigenvalue weighted by Crippen LogP contribution is 2.30. The number of carbonyl (C=O) groups excluding carboxylic acids is 1. The van der Waals surface area contributed by atoms with Crippen LogP contribution in [0.5, 0.6) is 0 Å². The Bertz CT molecular complexity index is 263. The second-order valence-corrected chi connectivity index (χ2v) is 5.71. The van der Waals surface area contributed by atoms with E-state index >= 15 is 0 Å². The smallest absolute Gasteiger partial charge is 0.236 e. The van der Waals surface area contributed by atoms with Crippen molar-refractivity contribution in [3.8, 4) is 0 Å². The minimum Gasteiger partial charge on any atom is -0.339 e. The zero-order valence-electron chi connectivity index (χ0n) is 11.2. The van der Waals surface area contributed by atoms with Crippen LogP contribution in [0.1, 0.15) is 46.0 Å². The van der Waals surface area contributed by atoms with Crippen molar-refractivity contribution in [2.75, 3.05) is 19.6 Å². The molecule has 0 radical (unpaired) electrons. The van der Waals surface area contributed by atoms with Crippen LogP contribution in [0.3, 0.4) is 0 Å². The van der Waals surface area contributed by atoms with Gasteiger partial charge >= 0.3 is 0 Å². The van der Waals surface area contributed by atoms with Crippen LogP contribution in [0.4, 0.5) is 0 Å². The molecule has 1 amide bonds. The van der Waals surface area contributed by atoms with E-state index in [0.29, 0.717) is 18.5 Å². The predicted octanol–water partition coefficient (Wildman–Crippen LogP) is 2.02. The van der Waals surface area contributed by atoms with Gasteiger partial charge in [0.25, 0.3) is 0 Å². The number of likely N-dealkylation sites (N-methyl/N-ethyl adjacent to an activating group) is 1. The fourth-order valence-corrected chi connectivity index (χ4v) is 3.02. The van der Waals surface area contributed by atoms with E-state index in [-0.39, 0.29) is 0 Å². The minimum atomic E-state index is 0.292. The van der Waals surface area contributed by atoms with Gasteiger partial charge < -0.3 is 10.2 Å². The molecule has 0 bridgehead atoms. The maximum Gasteiger partial charge on any atom is 0.236 e. The van der Waals surface area contributed by atoms with Crippen LogP contribution in [0.15, 0.2) is 0 Å². The van der Waals surface area contributed by atoms with E-state index in [2.05, 4.69) is 19.2 Å². The molecular formula is C14H26N2O. The Labute approximate surface area is 105 Å². The van der Waals surface area contributed by atoms with Gasteiger partial charge in [-0.2, -0.15) is 0 Å². The number of hydrogen-bond acceptors (Lipinski definition) is 2. The summed E-state index contributed by atoms with van der Waals surface area (Å²) < 4.78 is 0. The molecule has 0 aromatic rings. The third-order valence-electron chi connectivity index (χ3n) is 4.37. The Morgan fingerprint density at radius 2 is 2.06 bits per heavy atom. The molecule has 0 saturated heterocycles. The Hall–Kier alpha value is -0.570. The van der Waals surface area contributed by atoms with Crippen LogP contribution >= 0.6 is 0 Å². The second kappa shape index (κ2) is 5.85. The minimum absolute atomic E-state index is 0.292. The van der Waals surface area contributed by atoms with Gasteiger partial charge in [0.1, 0.15) is 0 Å². The van der Waals surface area contributed by atoms with Crippen LogP contribution in [-0.2, 0) is 4.79 Å². The molecule has 1 N–H and O–H groups in total. The van der Waals surface area contributed by atoms with Gasteiger partial charge in [-0.3, -0.25) is 4.79 Å². The molecule has 0 aliphatic heterocycles. The molecule has 98 valence electrons. The van der Waals surface area contributed by atoms with E-state index in [0.717, 1.165) is 24.9 Å². The summed E-state index contributed by atoms with van der Waals surface area (Å²) in [6.45, 7) is 6.84. The van der Waals surface area contributed by atoms with E-state index in [1.807, 2.05) is 4.90 Å². The normalized spacial score (nSPS) is 28.4. The largest absolute Gasteiger partial charge is 0.339 e. The molecule has 0 aromatic carbocycles. The number of rotatable bonds is 6. The number of carbonyl (C=O) groups is 1. The first-order chi connectivity index (χ1) is 8.22. The van der Waals surface area contributed by atoms with Crippen LogP contribution < -0.4 is 5.32 Å². The molecule has 3 heteroatoms. The highest BCUT2D eigenvalue weighted by Gasteiger charge is 2.31. The Morgan fingerprint density at radius 3 is 2.59 bits per heavy atom. The lowest BCUT2D eigenvalue weighted by Gasteiger charge is -2.22. The molecule has 2 rings (SSSR count). The third-order valence-corrected chi connectivity index (χ3v) is 4.37. The van der Waals surface area contributed by atoms with Gasteiger partial charge in [-0.1, -0.05) is 19.8 Å². The fraction of sp³-hybridized carbons (Fsp3) is 0.929. The van der Waals surface area contributed by atoms with Gasteiger partial charge in [-0.15, -0.1) is 0 Å². The summed E-state index contributed by atoms with van der Waals surface area (Å²) >= 11 is 0. The molecule has 2 atom stereocenters. The highest BCUT2D eigenvalue weighted by molar-refractivity contribution is 5.78. The number of nitrogens with zero attached hydrogens (tertiary/aromatic N) is 1. The first-order valence-corrected chi connectivity index (χ1v) is 7.22. The lowest BCUT2D eigenvalue weighted by molar-refractivity contribution is -0.130. The number of amides is 1. The lowest BCUT2D eigenvalue weighted by atomic mass is 9.98. The first-order valence-electron chi connectivity index (χ1n) is 7.22. The van der Waals surface area contributed by atoms with E-state index in [1.165, 1.54) is 32.1 Å². The van der Waals surface area contributed by atoms with Gasteiger partial charge in [-0.25, -0.2) is 0 Å². The van der Waals surface area contributed by atoms with Crippen molar-refractivity contribution in [2.24, 2.45) is 11.8 Å². The predicted molar refractivity (Wildman–Crippen MR) is 69.8 cm³/mol. The van der Waals surface area contributed by atoms with Gasteiger partial charge in [0.05, 0.1) is 6.54 Å². The maximum absolute atomic E-state index is 12.0. The van der Waals surface area contributed by atoms with E-state index in [4.69, 9.17) is 0 Å². The number of nitrogens with one attached hydrogen (secondary N) is 1. The van der Waals surface area contributed by atoms with Gasteiger partial charge in [-0.05, 0) is 44.6 Å². The maximum atomic E-state index is 12.0. The van der Waals surface area contributed by atoms with E-state index < -0.39 is 0 Å². The van der Waals surface area contributed by atoms with E-state index in [9.17, 15) is 4.79 Å². The summed E-state index contributed by atoms with van der Waals surface area (Å²) in [4.78, 5) is 14.0. The second-order valence-electron chi connectivity index (χ2n) is 5.71. The molecule has 2 unspecified atom stereocenters. The quantitative estimate of drug-likeness (QED) is 0.768. The molecular weight excluding hydrogens is 212 g/mol. The topological polar surface area (TPSA) is 32.3 Å². The molecule has 2 aliphatic carbocycles. The molecule has 17 heavy (non-hydrogen) atoms. The zero-order chi connectivity index (χ0) is 12.3. The molecule has 0 heterocycles. The van der Waals surface area contributed by atoms with Crippen LogP contribution in [-0.4, -0.2) is 36.5 Å². The summed E-state index contributed by atoms with van der Waals surface area (Å²) in [6, 6.07) is 0.555. The van der Waals surface area contributed by atoms with Crippen molar-refractivity contribution in [3.05, 3.63) is 0 Å². The van der Waals surface area contributed by atoms with Gasteiger partial charge in [0.2, 0.25) is 5.91 Å². The lowest BCUT2D eigenvalue weighted by Crippen LogP contribution is -2.40. The van der Waals surface area contributed by atoms with Crippen molar-refractivity contribution in [1.82, 2.24) is 10.2 Å². The van der Waals surface area contributed by atoms with Crippen molar-refractivity contribution in [1.29, 1.82) is 0 Å². The molecule has 2 saturated carbocycles. The zero-order valence-corrected chi connectivity index (χ0v) is 11.2. The highest BCUT2D eigenvalue weighted by atomic mass is 16.2. The van der Waals surface area contributed by atoms with Gasteiger partial charge in [0, 0.05) is 12.6 Å². The van der Waals surface area contributed by atoms with Crippen LogP contribution in [0.2, 0.25) is 0 Å². The van der Waals surface area contributed by atoms with Crippen LogP contribution in [0, 0.1) is 11.8 Å². The first kappa shape index (κ1) is 12.9. The fourth-order valence-electron chi connectivity index (χ4n) is 3.02. The Balaban J connectivity index is 1.65. The molecule has 2 fully saturated rings. The SMILES string of the molecule is CCN(C(=O)CNCC1CCCC1C)C1CC1. The standard InChI is InChI=1S/C14H26N2O/c1-3-16(13-7-8-13)14(17)10-15-9-12-6-4-5-11(12)2/h11-13,15H,3-10H2,1-2H3. The number of hydrogen-bond donors (Lipinski definition) is 1. The molecule has 0 aromatic heterocycles. The Morgan fingerprint density at radius 1 is 1.29 bits per heavy atom. The summed E-state index contributed by atoms with van der Waals surface area (Å²) in [7, 11) is 0. The van der Waals surface area contributed by atoms with Crippen molar-refractivity contribution < 1.29 is 4.79 Å². The molecule has 0 spiro atoms. The Kier molecular flexibility index (Phi) is 4.43. The van der Waals surface area contributed by atoms with Crippen molar-refractivity contribution in [2.45, 2.75) is 52.0 Å². The van der Waals surface area contributed by atoms with Gasteiger partial charge in [0.15, 0.2) is 0 Å². The molecule has 3 nitrogen and oxygen atoms in total. The van der Waals surface area contributed by atoms with E-state index in [1.54, 1.807) is 0 Å². The monoisotopic (exact) mass is 238 g/mol. The summed E-state index contributed by atoms with van der Waals surface area (Å²) in [6.07, 6.45) is 6.48.